The van der Waals surface area contributed by atoms with E-state index in [0.29, 0.717) is 6.04 Å². The van der Waals surface area contributed by atoms with E-state index in [1.165, 1.54) is 19.8 Å². The van der Waals surface area contributed by atoms with Gasteiger partial charge >= 0.3 is 0 Å². The average Bonchev–Trinajstić information content (AvgIpc) is 2.70. The van der Waals surface area contributed by atoms with E-state index in [1.807, 2.05) is 0 Å². The first-order valence-corrected chi connectivity index (χ1v) is 4.67. The lowest BCUT2D eigenvalue weighted by Crippen LogP contribution is -2.40. The van der Waals surface area contributed by atoms with Crippen LogP contribution in [0.1, 0.15) is 26.2 Å². The lowest BCUT2D eigenvalue weighted by molar-refractivity contribution is -0.129. The van der Waals surface area contributed by atoms with E-state index in [9.17, 15) is 4.79 Å². The van der Waals surface area contributed by atoms with E-state index in [4.69, 9.17) is 5.11 Å². The zero-order valence-corrected chi connectivity index (χ0v) is 7.29. The molecule has 0 aliphatic heterocycles. The van der Waals surface area contributed by atoms with Crippen LogP contribution in [-0.4, -0.2) is 23.2 Å². The maximum Gasteiger partial charge on any atom is 0.248 e. The molecule has 3 nitrogen and oxygen atoms in total. The zero-order chi connectivity index (χ0) is 8.72. The minimum Gasteiger partial charge on any atom is -0.384 e. The highest BCUT2D eigenvalue weighted by Gasteiger charge is 2.48. The second-order valence-corrected chi connectivity index (χ2v) is 4.03. The third kappa shape index (κ3) is 1.33. The molecule has 0 bridgehead atoms. The van der Waals surface area contributed by atoms with Crippen LogP contribution in [0.3, 0.4) is 0 Å². The summed E-state index contributed by atoms with van der Waals surface area (Å²) in [5, 5.41) is 11.8. The summed E-state index contributed by atoms with van der Waals surface area (Å²) in [5.41, 5.74) is 0. The first-order valence-electron chi connectivity index (χ1n) is 4.67. The second-order valence-electron chi connectivity index (χ2n) is 4.03. The van der Waals surface area contributed by atoms with Crippen LogP contribution in [0.5, 0.6) is 0 Å². The van der Waals surface area contributed by atoms with Gasteiger partial charge in [0.1, 0.15) is 6.10 Å². The first kappa shape index (κ1) is 8.05. The number of hydrogen-bond donors (Lipinski definition) is 2. The van der Waals surface area contributed by atoms with Crippen LogP contribution in [0.2, 0.25) is 0 Å². The van der Waals surface area contributed by atoms with Crippen molar-refractivity contribution >= 4 is 5.91 Å². The lowest BCUT2D eigenvalue weighted by Gasteiger charge is -2.15. The smallest absolute Gasteiger partial charge is 0.248 e. The summed E-state index contributed by atoms with van der Waals surface area (Å²) < 4.78 is 0. The monoisotopic (exact) mass is 169 g/mol. The van der Waals surface area contributed by atoms with Crippen LogP contribution >= 0.6 is 0 Å². The number of hydrogen-bond acceptors (Lipinski definition) is 2. The van der Waals surface area contributed by atoms with E-state index < -0.39 is 6.10 Å². The molecule has 0 radical (unpaired) electrons. The fourth-order valence-corrected chi connectivity index (χ4v) is 2.19. The number of aliphatic hydroxyl groups excluding tert-OH is 1. The molecule has 0 aromatic rings. The third-order valence-electron chi connectivity index (χ3n) is 3.05. The van der Waals surface area contributed by atoms with Crippen LogP contribution in [0.25, 0.3) is 0 Å². The molecule has 0 heterocycles. The minimum atomic E-state index is -0.859. The number of fused-ring (bicyclic) bond motifs is 1. The van der Waals surface area contributed by atoms with Gasteiger partial charge in [0.05, 0.1) is 0 Å². The molecule has 2 rings (SSSR count). The van der Waals surface area contributed by atoms with Gasteiger partial charge in [0.2, 0.25) is 5.91 Å². The summed E-state index contributed by atoms with van der Waals surface area (Å²) in [7, 11) is 0. The van der Waals surface area contributed by atoms with Crippen molar-refractivity contribution in [1.29, 1.82) is 0 Å². The number of carbonyl (C=O) groups is 1. The highest BCUT2D eigenvalue weighted by Crippen LogP contribution is 2.51. The number of carbonyl (C=O) groups excluding carboxylic acids is 1. The Hall–Kier alpha value is -0.570. The van der Waals surface area contributed by atoms with Crippen LogP contribution in [0.4, 0.5) is 0 Å². The second kappa shape index (κ2) is 2.73. The van der Waals surface area contributed by atoms with Gasteiger partial charge in [-0.15, -0.1) is 0 Å². The van der Waals surface area contributed by atoms with Crippen LogP contribution in [0.15, 0.2) is 0 Å². The molecule has 1 amide bonds. The predicted molar refractivity (Wildman–Crippen MR) is 44.4 cm³/mol. The average molecular weight is 169 g/mol. The van der Waals surface area contributed by atoms with Crippen molar-refractivity contribution in [3.63, 3.8) is 0 Å². The standard InChI is InChI=1S/C9H15NO2/c1-5(11)9(12)10-8-3-2-6-4-7(6)8/h5-8,11H,2-4H2,1H3,(H,10,12)/t5-,6?,7?,8?/m1/s1. The normalized spacial score (nSPS) is 40.3. The van der Waals surface area contributed by atoms with Crippen molar-refractivity contribution in [1.82, 2.24) is 5.32 Å². The fourth-order valence-electron chi connectivity index (χ4n) is 2.19. The molecule has 0 saturated heterocycles. The van der Waals surface area contributed by atoms with E-state index in [-0.39, 0.29) is 5.91 Å². The van der Waals surface area contributed by atoms with Crippen molar-refractivity contribution in [2.24, 2.45) is 11.8 Å². The maximum absolute atomic E-state index is 11.1. The van der Waals surface area contributed by atoms with Crippen molar-refractivity contribution in [2.75, 3.05) is 0 Å². The summed E-state index contributed by atoms with van der Waals surface area (Å²) in [6, 6.07) is 0.358. The first-order chi connectivity index (χ1) is 5.68. The number of rotatable bonds is 2. The summed E-state index contributed by atoms with van der Waals surface area (Å²) in [5.74, 6) is 1.39. The molecular weight excluding hydrogens is 154 g/mol. The zero-order valence-electron chi connectivity index (χ0n) is 7.29. The summed E-state index contributed by atoms with van der Waals surface area (Å²) >= 11 is 0. The Labute approximate surface area is 72.2 Å². The molecule has 2 aliphatic carbocycles. The van der Waals surface area contributed by atoms with Gasteiger partial charge in [0.15, 0.2) is 0 Å². The topological polar surface area (TPSA) is 49.3 Å². The molecule has 4 atom stereocenters. The molecule has 0 spiro atoms. The largest absolute Gasteiger partial charge is 0.384 e. The molecule has 2 saturated carbocycles. The molecule has 2 aliphatic rings. The Kier molecular flexibility index (Phi) is 1.83. The predicted octanol–water partition coefficient (Wildman–Crippen LogP) is 0.282. The van der Waals surface area contributed by atoms with Gasteiger partial charge in [-0.3, -0.25) is 4.79 Å². The number of nitrogens with one attached hydrogen (secondary N) is 1. The Morgan fingerprint density at radius 2 is 2.33 bits per heavy atom. The van der Waals surface area contributed by atoms with E-state index in [2.05, 4.69) is 5.32 Å². The molecule has 3 heteroatoms. The van der Waals surface area contributed by atoms with Gasteiger partial charge in [-0.2, -0.15) is 0 Å². The number of amides is 1. The third-order valence-corrected chi connectivity index (χ3v) is 3.05. The fraction of sp³-hybridized carbons (Fsp3) is 0.889. The van der Waals surface area contributed by atoms with Crippen molar-refractivity contribution < 1.29 is 9.90 Å². The van der Waals surface area contributed by atoms with Gasteiger partial charge in [-0.05, 0) is 38.0 Å². The summed E-state index contributed by atoms with van der Waals surface area (Å²) in [6.45, 7) is 1.51. The van der Waals surface area contributed by atoms with Gasteiger partial charge in [-0.1, -0.05) is 0 Å². The van der Waals surface area contributed by atoms with E-state index in [1.54, 1.807) is 0 Å². The molecule has 2 N–H and O–H groups in total. The van der Waals surface area contributed by atoms with Crippen LogP contribution < -0.4 is 5.32 Å². The van der Waals surface area contributed by atoms with Crippen LogP contribution in [0, 0.1) is 11.8 Å². The molecule has 68 valence electrons. The lowest BCUT2D eigenvalue weighted by atomic mass is 10.1. The molecule has 12 heavy (non-hydrogen) atoms. The van der Waals surface area contributed by atoms with Crippen LogP contribution in [-0.2, 0) is 4.79 Å². The van der Waals surface area contributed by atoms with E-state index in [0.717, 1.165) is 18.3 Å². The number of aliphatic hydroxyl groups is 1. The minimum absolute atomic E-state index is 0.215. The molecule has 3 unspecified atom stereocenters. The SMILES string of the molecule is C[C@@H](O)C(=O)NC1CCC2CC21. The highest BCUT2D eigenvalue weighted by molar-refractivity contribution is 5.80. The van der Waals surface area contributed by atoms with Gasteiger partial charge in [-0.25, -0.2) is 0 Å². The molecule has 2 fully saturated rings. The van der Waals surface area contributed by atoms with Gasteiger partial charge < -0.3 is 10.4 Å². The Balaban J connectivity index is 1.83. The Morgan fingerprint density at radius 1 is 1.58 bits per heavy atom. The highest BCUT2D eigenvalue weighted by atomic mass is 16.3. The quantitative estimate of drug-likeness (QED) is 0.624. The summed E-state index contributed by atoms with van der Waals surface area (Å²) in [6.07, 6.45) is 2.79. The Morgan fingerprint density at radius 3 is 2.75 bits per heavy atom. The van der Waals surface area contributed by atoms with Gasteiger partial charge in [0, 0.05) is 6.04 Å². The van der Waals surface area contributed by atoms with Crippen molar-refractivity contribution in [3.8, 4) is 0 Å². The molecule has 0 aromatic heterocycles. The Bertz CT molecular complexity index is 203. The van der Waals surface area contributed by atoms with Gasteiger partial charge in [0.25, 0.3) is 0 Å². The molecule has 0 aromatic carbocycles. The maximum atomic E-state index is 11.1. The molecular formula is C9H15NO2. The summed E-state index contributed by atoms with van der Waals surface area (Å²) in [4.78, 5) is 11.1. The van der Waals surface area contributed by atoms with E-state index >= 15 is 0 Å². The van der Waals surface area contributed by atoms with Crippen molar-refractivity contribution in [3.05, 3.63) is 0 Å². The van der Waals surface area contributed by atoms with Crippen molar-refractivity contribution in [2.45, 2.75) is 38.3 Å².